The summed E-state index contributed by atoms with van der Waals surface area (Å²) < 4.78 is 0. The van der Waals surface area contributed by atoms with Crippen LogP contribution in [0, 0.1) is 0 Å². The van der Waals surface area contributed by atoms with Gasteiger partial charge >= 0.3 is 0 Å². The van der Waals surface area contributed by atoms with Crippen molar-refractivity contribution in [3.05, 3.63) is 57.2 Å². The number of thiophene rings is 1. The van der Waals surface area contributed by atoms with E-state index in [1.807, 2.05) is 19.2 Å². The van der Waals surface area contributed by atoms with E-state index in [-0.39, 0.29) is 5.41 Å². The number of hydrogen-bond acceptors (Lipinski definition) is 2. The lowest BCUT2D eigenvalue weighted by Crippen LogP contribution is -2.40. The second-order valence-electron chi connectivity index (χ2n) is 5.70. The zero-order valence-corrected chi connectivity index (χ0v) is 14.2. The summed E-state index contributed by atoms with van der Waals surface area (Å²) >= 11 is 7.83. The molecule has 1 aliphatic carbocycles. The molecule has 1 fully saturated rings. The van der Waals surface area contributed by atoms with Crippen molar-refractivity contribution in [3.8, 4) is 0 Å². The van der Waals surface area contributed by atoms with Crippen molar-refractivity contribution in [1.29, 1.82) is 0 Å². The number of guanidine groups is 1. The molecule has 0 spiro atoms. The predicted octanol–water partition coefficient (Wildman–Crippen LogP) is 3.80. The van der Waals surface area contributed by atoms with E-state index in [1.165, 1.54) is 24.0 Å². The van der Waals surface area contributed by atoms with Gasteiger partial charge in [-0.15, -0.1) is 0 Å². The summed E-state index contributed by atoms with van der Waals surface area (Å²) in [5, 5.41) is 11.9. The summed E-state index contributed by atoms with van der Waals surface area (Å²) in [5.74, 6) is 0.847. The Morgan fingerprint density at radius 1 is 1.32 bits per heavy atom. The molecule has 2 aromatic rings. The average Bonchev–Trinajstić information content (AvgIpc) is 3.14. The van der Waals surface area contributed by atoms with Gasteiger partial charge in [0, 0.05) is 30.6 Å². The highest BCUT2D eigenvalue weighted by Gasteiger charge is 2.44. The van der Waals surface area contributed by atoms with Crippen LogP contribution < -0.4 is 10.6 Å². The van der Waals surface area contributed by atoms with E-state index in [2.05, 4.69) is 44.6 Å². The van der Waals surface area contributed by atoms with Gasteiger partial charge in [-0.1, -0.05) is 23.7 Å². The molecule has 0 unspecified atom stereocenters. The molecule has 2 N–H and O–H groups in total. The summed E-state index contributed by atoms with van der Waals surface area (Å²) in [7, 11) is 1.81. The second-order valence-corrected chi connectivity index (χ2v) is 6.92. The molecule has 3 nitrogen and oxygen atoms in total. The van der Waals surface area contributed by atoms with Crippen LogP contribution in [0.25, 0.3) is 0 Å². The topological polar surface area (TPSA) is 36.4 Å². The van der Waals surface area contributed by atoms with Gasteiger partial charge in [-0.3, -0.25) is 4.99 Å². The van der Waals surface area contributed by atoms with Crippen molar-refractivity contribution >= 4 is 28.9 Å². The fourth-order valence-corrected chi connectivity index (χ4v) is 3.45. The van der Waals surface area contributed by atoms with Gasteiger partial charge in [-0.05, 0) is 52.9 Å². The zero-order valence-electron chi connectivity index (χ0n) is 12.6. The number of hydrogen-bond donors (Lipinski definition) is 2. The lowest BCUT2D eigenvalue weighted by atomic mass is 9.96. The van der Waals surface area contributed by atoms with Crippen LogP contribution in [0.1, 0.15) is 24.0 Å². The van der Waals surface area contributed by atoms with E-state index in [1.54, 1.807) is 11.3 Å². The van der Waals surface area contributed by atoms with Gasteiger partial charge in [0.15, 0.2) is 5.96 Å². The Morgan fingerprint density at radius 3 is 2.82 bits per heavy atom. The molecule has 0 atom stereocenters. The number of benzene rings is 1. The SMILES string of the molecule is CN=C(NCc1ccsc1)NCC1(c2cccc(Cl)c2)CC1. The third-order valence-electron chi connectivity index (χ3n) is 4.15. The van der Waals surface area contributed by atoms with E-state index < -0.39 is 0 Å². The molecule has 0 bridgehead atoms. The largest absolute Gasteiger partial charge is 0.356 e. The van der Waals surface area contributed by atoms with Crippen molar-refractivity contribution in [2.75, 3.05) is 13.6 Å². The maximum Gasteiger partial charge on any atom is 0.191 e. The monoisotopic (exact) mass is 333 g/mol. The Bertz CT molecular complexity index is 648. The molecule has 0 amide bonds. The molecule has 1 aliphatic rings. The molecular weight excluding hydrogens is 314 g/mol. The summed E-state index contributed by atoms with van der Waals surface area (Å²) in [6.45, 7) is 1.68. The molecule has 116 valence electrons. The minimum Gasteiger partial charge on any atom is -0.356 e. The lowest BCUT2D eigenvalue weighted by Gasteiger charge is -2.19. The minimum atomic E-state index is 0.213. The number of rotatable bonds is 5. The molecule has 3 rings (SSSR count). The van der Waals surface area contributed by atoms with Crippen LogP contribution >= 0.6 is 22.9 Å². The molecule has 1 saturated carbocycles. The van der Waals surface area contributed by atoms with Crippen molar-refractivity contribution in [3.63, 3.8) is 0 Å². The Morgan fingerprint density at radius 2 is 2.18 bits per heavy atom. The normalized spacial score (nSPS) is 16.4. The number of aliphatic imine (C=N–C) groups is 1. The molecule has 1 heterocycles. The van der Waals surface area contributed by atoms with Gasteiger partial charge < -0.3 is 10.6 Å². The summed E-state index contributed by atoms with van der Waals surface area (Å²) in [6.07, 6.45) is 2.39. The van der Waals surface area contributed by atoms with Gasteiger partial charge in [0.25, 0.3) is 0 Å². The highest BCUT2D eigenvalue weighted by Crippen LogP contribution is 2.48. The first kappa shape index (κ1) is 15.4. The standard InChI is InChI=1S/C17H20ClN3S/c1-19-16(20-10-13-5-8-22-11-13)21-12-17(6-7-17)14-3-2-4-15(18)9-14/h2-5,8-9,11H,6-7,10,12H2,1H3,(H2,19,20,21). The van der Waals surface area contributed by atoms with Crippen LogP contribution in [-0.2, 0) is 12.0 Å². The second kappa shape index (κ2) is 6.71. The van der Waals surface area contributed by atoms with Crippen molar-refractivity contribution in [1.82, 2.24) is 10.6 Å². The first-order valence-electron chi connectivity index (χ1n) is 7.43. The van der Waals surface area contributed by atoms with Gasteiger partial charge in [0.05, 0.1) is 0 Å². The van der Waals surface area contributed by atoms with Crippen molar-refractivity contribution in [2.24, 2.45) is 4.99 Å². The first-order valence-corrected chi connectivity index (χ1v) is 8.76. The third kappa shape index (κ3) is 3.62. The maximum atomic E-state index is 6.12. The van der Waals surface area contributed by atoms with Crippen molar-refractivity contribution < 1.29 is 0 Å². The van der Waals surface area contributed by atoms with Crippen LogP contribution in [0.5, 0.6) is 0 Å². The Kier molecular flexibility index (Phi) is 4.69. The smallest absolute Gasteiger partial charge is 0.191 e. The minimum absolute atomic E-state index is 0.213. The first-order chi connectivity index (χ1) is 10.7. The molecule has 22 heavy (non-hydrogen) atoms. The van der Waals surface area contributed by atoms with E-state index in [0.29, 0.717) is 0 Å². The van der Waals surface area contributed by atoms with E-state index >= 15 is 0 Å². The van der Waals surface area contributed by atoms with E-state index in [9.17, 15) is 0 Å². The van der Waals surface area contributed by atoms with Crippen LogP contribution in [0.15, 0.2) is 46.1 Å². The molecule has 0 radical (unpaired) electrons. The summed E-state index contributed by atoms with van der Waals surface area (Å²) in [5.41, 5.74) is 2.81. The molecule has 0 saturated heterocycles. The highest BCUT2D eigenvalue weighted by atomic mass is 35.5. The van der Waals surface area contributed by atoms with Gasteiger partial charge in [0.2, 0.25) is 0 Å². The van der Waals surface area contributed by atoms with Crippen LogP contribution in [-0.4, -0.2) is 19.6 Å². The molecule has 1 aromatic carbocycles. The Labute approximate surface area is 140 Å². The molecule has 1 aromatic heterocycles. The Hall–Kier alpha value is -1.52. The zero-order chi connectivity index (χ0) is 15.4. The van der Waals surface area contributed by atoms with Gasteiger partial charge in [-0.2, -0.15) is 11.3 Å². The van der Waals surface area contributed by atoms with E-state index in [4.69, 9.17) is 11.6 Å². The van der Waals surface area contributed by atoms with Crippen LogP contribution in [0.3, 0.4) is 0 Å². The van der Waals surface area contributed by atoms with Gasteiger partial charge in [0.1, 0.15) is 0 Å². The van der Waals surface area contributed by atoms with Crippen LogP contribution in [0.2, 0.25) is 5.02 Å². The summed E-state index contributed by atoms with van der Waals surface area (Å²) in [4.78, 5) is 4.30. The van der Waals surface area contributed by atoms with Crippen molar-refractivity contribution in [2.45, 2.75) is 24.8 Å². The molecule has 0 aliphatic heterocycles. The molecular formula is C17H20ClN3S. The quantitative estimate of drug-likeness (QED) is 0.645. The summed E-state index contributed by atoms with van der Waals surface area (Å²) in [6, 6.07) is 10.3. The number of nitrogens with one attached hydrogen (secondary N) is 2. The third-order valence-corrected chi connectivity index (χ3v) is 5.12. The van der Waals surface area contributed by atoms with E-state index in [0.717, 1.165) is 24.1 Å². The number of halogens is 1. The average molecular weight is 334 g/mol. The lowest BCUT2D eigenvalue weighted by molar-refractivity contribution is 0.646. The van der Waals surface area contributed by atoms with Crippen LogP contribution in [0.4, 0.5) is 0 Å². The number of nitrogens with zero attached hydrogens (tertiary/aromatic N) is 1. The molecule has 5 heteroatoms. The Balaban J connectivity index is 1.56. The maximum absolute atomic E-state index is 6.12. The highest BCUT2D eigenvalue weighted by molar-refractivity contribution is 7.07. The predicted molar refractivity (Wildman–Crippen MR) is 94.9 cm³/mol. The fraction of sp³-hybridized carbons (Fsp3) is 0.353. The fourth-order valence-electron chi connectivity index (χ4n) is 2.59. The van der Waals surface area contributed by atoms with Gasteiger partial charge in [-0.25, -0.2) is 0 Å².